The Labute approximate surface area is 299 Å². The summed E-state index contributed by atoms with van der Waals surface area (Å²) in [5.74, 6) is -1.87. The number of hydrogen-bond acceptors (Lipinski definition) is 8. The first-order valence-electron chi connectivity index (χ1n) is 16.5. The summed E-state index contributed by atoms with van der Waals surface area (Å²) in [4.78, 5) is 40.6. The topological polar surface area (TPSA) is 171 Å². The van der Waals surface area contributed by atoms with Gasteiger partial charge in [-0.1, -0.05) is 48.7 Å². The van der Waals surface area contributed by atoms with Crippen molar-refractivity contribution in [2.24, 2.45) is 5.16 Å². The molecule has 262 valence electrons. The standard InChI is InChI=1S/C39H37N3O8S/c43-28-12-15-31-34(22-28)50-35-23-29(44)13-16-32(35)37(31)30-14-11-27(21-33(30)38(47)48)42-39(51)40-18-5-3-1-2-4-6-19-49-41-24-26-9-7-8-25(20-26)10-17-36(45)46/h7-17,20-24,43H,1-6,18-19H2,(H,45,46)(H,47,48)(H2,40,42,51)/b17-10+,41-24+. The van der Waals surface area contributed by atoms with E-state index in [0.717, 1.165) is 55.7 Å². The molecule has 1 heterocycles. The van der Waals surface area contributed by atoms with Crippen LogP contribution in [0.2, 0.25) is 0 Å². The van der Waals surface area contributed by atoms with Gasteiger partial charge < -0.3 is 35.2 Å². The number of phenolic OH excluding ortho intramolecular Hbond substituents is 1. The van der Waals surface area contributed by atoms with Gasteiger partial charge >= 0.3 is 11.9 Å². The Morgan fingerprint density at radius 3 is 2.43 bits per heavy atom. The molecule has 0 bridgehead atoms. The number of thiocarbonyl (C=S) groups is 1. The molecule has 0 saturated heterocycles. The van der Waals surface area contributed by atoms with Crippen molar-refractivity contribution in [3.05, 3.63) is 112 Å². The number of phenols is 1. The maximum Gasteiger partial charge on any atom is 0.336 e. The lowest BCUT2D eigenvalue weighted by Gasteiger charge is -2.18. The predicted molar refractivity (Wildman–Crippen MR) is 202 cm³/mol. The number of aromatic hydroxyl groups is 1. The number of aromatic carboxylic acids is 1. The van der Waals surface area contributed by atoms with E-state index in [-0.39, 0.29) is 22.5 Å². The van der Waals surface area contributed by atoms with Gasteiger partial charge in [-0.3, -0.25) is 4.79 Å². The lowest BCUT2D eigenvalue weighted by molar-refractivity contribution is -0.131. The summed E-state index contributed by atoms with van der Waals surface area (Å²) in [6.45, 7) is 1.18. The van der Waals surface area contributed by atoms with E-state index in [0.29, 0.717) is 51.6 Å². The van der Waals surface area contributed by atoms with Crippen molar-refractivity contribution in [1.29, 1.82) is 0 Å². The van der Waals surface area contributed by atoms with Crippen molar-refractivity contribution in [3.63, 3.8) is 0 Å². The van der Waals surface area contributed by atoms with E-state index < -0.39 is 11.9 Å². The maximum absolute atomic E-state index is 12.5. The predicted octanol–water partition coefficient (Wildman–Crippen LogP) is 7.74. The summed E-state index contributed by atoms with van der Waals surface area (Å²) >= 11 is 5.47. The number of carbonyl (C=O) groups is 2. The number of nitrogens with one attached hydrogen (secondary N) is 2. The molecule has 0 fully saturated rings. The van der Waals surface area contributed by atoms with E-state index in [1.807, 2.05) is 24.3 Å². The van der Waals surface area contributed by atoms with Crippen LogP contribution >= 0.6 is 12.2 Å². The summed E-state index contributed by atoms with van der Waals surface area (Å²) in [7, 11) is 0. The van der Waals surface area contributed by atoms with E-state index in [1.165, 1.54) is 36.4 Å². The molecule has 3 aromatic carbocycles. The molecular weight excluding hydrogens is 671 g/mol. The molecule has 5 N–H and O–H groups in total. The van der Waals surface area contributed by atoms with E-state index in [9.17, 15) is 24.6 Å². The summed E-state index contributed by atoms with van der Waals surface area (Å²) in [6, 6.07) is 21.2. The normalized spacial score (nSPS) is 11.4. The quantitative estimate of drug-likeness (QED) is 0.0170. The zero-order valence-electron chi connectivity index (χ0n) is 27.6. The van der Waals surface area contributed by atoms with E-state index >= 15 is 0 Å². The number of benzene rings is 4. The molecule has 1 aliphatic heterocycles. The highest BCUT2D eigenvalue weighted by atomic mass is 32.1. The molecule has 0 unspecified atom stereocenters. The van der Waals surface area contributed by atoms with Crippen LogP contribution in [0.4, 0.5) is 5.69 Å². The third-order valence-corrected chi connectivity index (χ3v) is 8.25. The number of aliphatic carboxylic acids is 1. The molecule has 2 aliphatic rings. The third kappa shape index (κ3) is 10.2. The van der Waals surface area contributed by atoms with Gasteiger partial charge in [0, 0.05) is 47.0 Å². The van der Waals surface area contributed by atoms with Crippen LogP contribution in [0.5, 0.6) is 5.75 Å². The Balaban J connectivity index is 1.05. The lowest BCUT2D eigenvalue weighted by Crippen LogP contribution is -2.29. The summed E-state index contributed by atoms with van der Waals surface area (Å²) in [6.07, 6.45) is 10.2. The van der Waals surface area contributed by atoms with Crippen molar-refractivity contribution in [2.45, 2.75) is 38.5 Å². The Bertz CT molecular complexity index is 2120. The summed E-state index contributed by atoms with van der Waals surface area (Å²) in [5, 5.41) is 40.2. The number of nitrogens with zero attached hydrogens (tertiary/aromatic N) is 1. The Hall–Kier alpha value is -6.01. The third-order valence-electron chi connectivity index (χ3n) is 8.01. The first-order valence-corrected chi connectivity index (χ1v) is 16.9. The fraction of sp³-hybridized carbons (Fsp3) is 0.205. The first kappa shape index (κ1) is 36.3. The molecule has 0 radical (unpaired) electrons. The smallest absolute Gasteiger partial charge is 0.336 e. The van der Waals surface area contributed by atoms with Gasteiger partial charge in [-0.2, -0.15) is 0 Å². The van der Waals surface area contributed by atoms with Crippen molar-refractivity contribution < 1.29 is 34.2 Å². The van der Waals surface area contributed by atoms with Crippen molar-refractivity contribution in [2.75, 3.05) is 18.5 Å². The monoisotopic (exact) mass is 707 g/mol. The Morgan fingerprint density at radius 1 is 0.863 bits per heavy atom. The number of hydrogen-bond donors (Lipinski definition) is 5. The molecule has 1 aliphatic carbocycles. The van der Waals surface area contributed by atoms with Gasteiger partial charge in [-0.15, -0.1) is 0 Å². The highest BCUT2D eigenvalue weighted by Crippen LogP contribution is 2.42. The molecule has 11 nitrogen and oxygen atoms in total. The van der Waals surface area contributed by atoms with E-state index in [2.05, 4.69) is 15.8 Å². The largest absolute Gasteiger partial charge is 0.508 e. The van der Waals surface area contributed by atoms with Gasteiger partial charge in [0.15, 0.2) is 10.5 Å². The fourth-order valence-electron chi connectivity index (χ4n) is 5.60. The van der Waals surface area contributed by atoms with Gasteiger partial charge in [0.1, 0.15) is 23.7 Å². The second-order valence-corrected chi connectivity index (χ2v) is 12.2. The van der Waals surface area contributed by atoms with Gasteiger partial charge in [0.25, 0.3) is 0 Å². The van der Waals surface area contributed by atoms with Crippen LogP contribution in [0.15, 0.2) is 99.3 Å². The molecule has 0 amide bonds. The van der Waals surface area contributed by atoms with Crippen molar-refractivity contribution >= 4 is 58.2 Å². The van der Waals surface area contributed by atoms with Gasteiger partial charge in [-0.25, -0.2) is 9.59 Å². The number of fused-ring (bicyclic) bond motifs is 2. The van der Waals surface area contributed by atoms with Gasteiger partial charge in [0.2, 0.25) is 0 Å². The molecule has 12 heteroatoms. The zero-order valence-corrected chi connectivity index (χ0v) is 28.4. The van der Waals surface area contributed by atoms with E-state index in [4.69, 9.17) is 26.6 Å². The van der Waals surface area contributed by atoms with Crippen LogP contribution < -0.4 is 16.1 Å². The number of carboxylic acid groups (broad SMARTS) is 2. The van der Waals surface area contributed by atoms with Crippen molar-refractivity contribution in [3.8, 4) is 28.2 Å². The second kappa shape index (κ2) is 17.6. The number of unbranched alkanes of at least 4 members (excludes halogenated alkanes) is 5. The number of rotatable bonds is 16. The SMILES string of the molecule is O=C(O)/C=C/c1cccc(/C=N/OCCCCCCCCNC(=S)Nc2ccc(-c3c4ccc(=O)cc-4oc4cc(O)ccc34)c(C(=O)O)c2)c1. The minimum Gasteiger partial charge on any atom is -0.508 e. The average molecular weight is 708 g/mol. The van der Waals surface area contributed by atoms with Crippen LogP contribution in [0.3, 0.4) is 0 Å². The molecule has 51 heavy (non-hydrogen) atoms. The Morgan fingerprint density at radius 2 is 1.63 bits per heavy atom. The molecule has 5 rings (SSSR count). The number of anilines is 1. The fourth-order valence-corrected chi connectivity index (χ4v) is 5.82. The molecule has 0 saturated carbocycles. The average Bonchev–Trinajstić information content (AvgIpc) is 3.10. The first-order chi connectivity index (χ1) is 24.7. The van der Waals surface area contributed by atoms with E-state index in [1.54, 1.807) is 30.5 Å². The number of carboxylic acids is 2. The lowest BCUT2D eigenvalue weighted by atomic mass is 9.90. The second-order valence-electron chi connectivity index (χ2n) is 11.8. The van der Waals surface area contributed by atoms with Crippen LogP contribution in [0.25, 0.3) is 39.5 Å². The minimum atomic E-state index is -1.14. The minimum absolute atomic E-state index is 0.0201. The molecule has 3 aromatic rings. The van der Waals surface area contributed by atoms with Crippen LogP contribution in [0, 0.1) is 0 Å². The summed E-state index contributed by atoms with van der Waals surface area (Å²) < 4.78 is 5.90. The molecule has 0 spiro atoms. The van der Waals surface area contributed by atoms with Gasteiger partial charge in [-0.05, 0) is 96.7 Å². The van der Waals surface area contributed by atoms with Crippen LogP contribution in [0.1, 0.15) is 60.0 Å². The Kier molecular flexibility index (Phi) is 12.5. The van der Waals surface area contributed by atoms with Crippen LogP contribution in [-0.2, 0) is 9.63 Å². The van der Waals surface area contributed by atoms with Crippen molar-refractivity contribution in [1.82, 2.24) is 5.32 Å². The molecular formula is C39H37N3O8S. The number of oxime groups is 1. The highest BCUT2D eigenvalue weighted by Gasteiger charge is 2.22. The van der Waals surface area contributed by atoms with Gasteiger partial charge in [0.05, 0.1) is 11.8 Å². The summed E-state index contributed by atoms with van der Waals surface area (Å²) in [5.41, 5.74) is 3.76. The molecule has 0 atom stereocenters. The van der Waals surface area contributed by atoms with Crippen LogP contribution in [-0.4, -0.2) is 51.7 Å². The molecule has 0 aromatic heterocycles. The highest BCUT2D eigenvalue weighted by molar-refractivity contribution is 7.80. The maximum atomic E-state index is 12.5. The zero-order chi connectivity index (χ0) is 36.2.